The highest BCUT2D eigenvalue weighted by Crippen LogP contribution is 2.40. The lowest BCUT2D eigenvalue weighted by Gasteiger charge is -2.34. The van der Waals surface area contributed by atoms with E-state index in [4.69, 9.17) is 5.73 Å². The van der Waals surface area contributed by atoms with Crippen LogP contribution in [0.4, 0.5) is 4.39 Å². The molecule has 4 heteroatoms. The van der Waals surface area contributed by atoms with E-state index in [2.05, 4.69) is 96.3 Å². The lowest BCUT2D eigenvalue weighted by Crippen LogP contribution is -2.47. The van der Waals surface area contributed by atoms with E-state index < -0.39 is 7.92 Å². The molecule has 4 rings (SSSR count). The summed E-state index contributed by atoms with van der Waals surface area (Å²) < 4.78 is 13.3. The third-order valence-corrected chi connectivity index (χ3v) is 9.11. The van der Waals surface area contributed by atoms with Crippen molar-refractivity contribution in [1.82, 2.24) is 5.32 Å². The summed E-state index contributed by atoms with van der Waals surface area (Å²) in [5, 5.41) is 6.49. The Bertz CT molecular complexity index is 1080. The van der Waals surface area contributed by atoms with E-state index in [1.165, 1.54) is 28.3 Å². The number of aryl methyl sites for hydroxylation is 1. The summed E-state index contributed by atoms with van der Waals surface area (Å²) in [6.45, 7) is 0.793. The molecule has 4 aromatic rings. The maximum atomic E-state index is 13.3. The van der Waals surface area contributed by atoms with E-state index in [-0.39, 0.29) is 17.6 Å². The second-order valence-electron chi connectivity index (χ2n) is 8.86. The summed E-state index contributed by atoms with van der Waals surface area (Å²) in [5.74, 6) is -0.0669. The Hall–Kier alpha value is -2.84. The molecule has 0 amide bonds. The fraction of sp³-hybridized carbons (Fsp3) is 0.226. The monoisotopic (exact) mass is 484 g/mol. The lowest BCUT2D eigenvalue weighted by molar-refractivity contribution is 0.496. The molecule has 4 aromatic carbocycles. The van der Waals surface area contributed by atoms with Crippen molar-refractivity contribution in [2.45, 2.75) is 37.5 Å². The van der Waals surface area contributed by atoms with Crippen molar-refractivity contribution < 1.29 is 4.39 Å². The van der Waals surface area contributed by atoms with Gasteiger partial charge in [0.05, 0.1) is 5.78 Å². The summed E-state index contributed by atoms with van der Waals surface area (Å²) >= 11 is 0. The molecule has 0 aliphatic carbocycles. The molecule has 35 heavy (non-hydrogen) atoms. The maximum absolute atomic E-state index is 13.3. The van der Waals surface area contributed by atoms with E-state index in [0.29, 0.717) is 0 Å². The average molecular weight is 485 g/mol. The van der Waals surface area contributed by atoms with Crippen LogP contribution in [0.2, 0.25) is 0 Å². The number of nitrogens with two attached hydrogens (primary N) is 1. The fourth-order valence-corrected chi connectivity index (χ4v) is 7.21. The predicted molar refractivity (Wildman–Crippen MR) is 148 cm³/mol. The molecule has 0 saturated heterocycles. The average Bonchev–Trinajstić information content (AvgIpc) is 2.91. The van der Waals surface area contributed by atoms with Gasteiger partial charge in [-0.15, -0.1) is 0 Å². The van der Waals surface area contributed by atoms with E-state index in [0.717, 1.165) is 37.8 Å². The zero-order valence-electron chi connectivity index (χ0n) is 20.1. The molecule has 2 nitrogen and oxygen atoms in total. The Labute approximate surface area is 210 Å². The molecule has 0 aliphatic heterocycles. The van der Waals surface area contributed by atoms with Gasteiger partial charge in [-0.3, -0.25) is 0 Å². The van der Waals surface area contributed by atoms with Gasteiger partial charge in [-0.2, -0.15) is 0 Å². The quantitative estimate of drug-likeness (QED) is 0.251. The molecular weight excluding hydrogens is 450 g/mol. The second kappa shape index (κ2) is 13.3. The van der Waals surface area contributed by atoms with E-state index in [1.54, 1.807) is 0 Å². The molecule has 0 radical (unpaired) electrons. The minimum absolute atomic E-state index is 0.0125. The minimum atomic E-state index is -0.706. The van der Waals surface area contributed by atoms with Crippen LogP contribution in [-0.2, 0) is 12.8 Å². The van der Waals surface area contributed by atoms with Crippen LogP contribution in [0.1, 0.15) is 24.0 Å². The molecular formula is C31H34FN2P. The first kappa shape index (κ1) is 25.3. The molecule has 2 atom stereocenters. The second-order valence-corrected chi connectivity index (χ2v) is 11.2. The standard InChI is InChI=1S/C31H34FN2P/c32-27-21-19-26(20-22-27)23-24-34-31(30(33)18-10-13-25-11-4-1-5-12-25)35(28-14-6-2-7-15-28)29-16-8-3-9-17-29/h1-9,11-12,14-17,19-22,30-31,34H,10,13,18,23-24,33H2. The van der Waals surface area contributed by atoms with Gasteiger partial charge >= 0.3 is 0 Å². The fourth-order valence-electron chi connectivity index (χ4n) is 4.44. The molecule has 0 fully saturated rings. The SMILES string of the molecule is NC(CCCc1ccccc1)C(NCCc1ccc(F)cc1)P(c1ccccc1)c1ccccc1. The normalized spacial score (nSPS) is 13.0. The van der Waals surface area contributed by atoms with Crippen LogP contribution in [0.25, 0.3) is 0 Å². The number of nitrogens with one attached hydrogen (secondary N) is 1. The zero-order valence-corrected chi connectivity index (χ0v) is 21.0. The van der Waals surface area contributed by atoms with Crippen molar-refractivity contribution in [3.05, 3.63) is 132 Å². The molecule has 0 aromatic heterocycles. The van der Waals surface area contributed by atoms with E-state index in [9.17, 15) is 4.39 Å². The van der Waals surface area contributed by atoms with E-state index >= 15 is 0 Å². The van der Waals surface area contributed by atoms with Crippen LogP contribution in [-0.4, -0.2) is 18.4 Å². The van der Waals surface area contributed by atoms with Gasteiger partial charge in [-0.1, -0.05) is 103 Å². The van der Waals surface area contributed by atoms with Crippen molar-refractivity contribution in [3.8, 4) is 0 Å². The summed E-state index contributed by atoms with van der Waals surface area (Å²) in [6.07, 6.45) is 3.86. The molecule has 0 aliphatic rings. The van der Waals surface area contributed by atoms with Crippen molar-refractivity contribution in [1.29, 1.82) is 0 Å². The Morgan fingerprint density at radius 1 is 0.657 bits per heavy atom. The van der Waals surface area contributed by atoms with Gasteiger partial charge in [0.2, 0.25) is 0 Å². The predicted octanol–water partition coefficient (Wildman–Crippen LogP) is 5.77. The highest BCUT2D eigenvalue weighted by atomic mass is 31.1. The number of halogens is 1. The maximum Gasteiger partial charge on any atom is 0.123 e. The van der Waals surface area contributed by atoms with Gasteiger partial charge < -0.3 is 11.1 Å². The largest absolute Gasteiger partial charge is 0.326 e. The molecule has 0 heterocycles. The Kier molecular flexibility index (Phi) is 9.60. The Morgan fingerprint density at radius 2 is 1.17 bits per heavy atom. The van der Waals surface area contributed by atoms with E-state index in [1.807, 2.05) is 12.1 Å². The first-order chi connectivity index (χ1) is 17.2. The van der Waals surface area contributed by atoms with Gasteiger partial charge in [-0.05, 0) is 74.0 Å². The first-order valence-corrected chi connectivity index (χ1v) is 13.8. The molecule has 2 unspecified atom stereocenters. The summed E-state index contributed by atoms with van der Waals surface area (Å²) in [7, 11) is -0.706. The molecule has 3 N–H and O–H groups in total. The number of rotatable bonds is 12. The Morgan fingerprint density at radius 3 is 1.74 bits per heavy atom. The van der Waals surface area contributed by atoms with Crippen molar-refractivity contribution in [3.63, 3.8) is 0 Å². The number of hydrogen-bond donors (Lipinski definition) is 2. The minimum Gasteiger partial charge on any atom is -0.326 e. The molecule has 0 spiro atoms. The lowest BCUT2D eigenvalue weighted by atomic mass is 10.0. The number of hydrogen-bond acceptors (Lipinski definition) is 2. The number of benzene rings is 4. The van der Waals surface area contributed by atoms with Crippen LogP contribution < -0.4 is 21.7 Å². The highest BCUT2D eigenvalue weighted by molar-refractivity contribution is 7.73. The smallest absolute Gasteiger partial charge is 0.123 e. The topological polar surface area (TPSA) is 38.0 Å². The van der Waals surface area contributed by atoms with Gasteiger partial charge in [0.15, 0.2) is 0 Å². The highest BCUT2D eigenvalue weighted by Gasteiger charge is 2.29. The van der Waals surface area contributed by atoms with Crippen LogP contribution in [0.5, 0.6) is 0 Å². The molecule has 0 saturated carbocycles. The summed E-state index contributed by atoms with van der Waals surface area (Å²) in [6, 6.07) is 38.9. The third-order valence-electron chi connectivity index (χ3n) is 6.28. The third kappa shape index (κ3) is 7.57. The molecule has 180 valence electrons. The summed E-state index contributed by atoms with van der Waals surface area (Å²) in [5.41, 5.74) is 9.44. The summed E-state index contributed by atoms with van der Waals surface area (Å²) in [4.78, 5) is 0. The zero-order chi connectivity index (χ0) is 24.3. The molecule has 0 bridgehead atoms. The van der Waals surface area contributed by atoms with Crippen molar-refractivity contribution >= 4 is 18.5 Å². The Balaban J connectivity index is 1.53. The van der Waals surface area contributed by atoms with Crippen molar-refractivity contribution in [2.75, 3.05) is 6.54 Å². The first-order valence-electron chi connectivity index (χ1n) is 12.4. The van der Waals surface area contributed by atoms with Crippen LogP contribution in [0.15, 0.2) is 115 Å². The van der Waals surface area contributed by atoms with Crippen molar-refractivity contribution in [2.24, 2.45) is 5.73 Å². The van der Waals surface area contributed by atoms with Crippen LogP contribution in [0, 0.1) is 5.82 Å². The van der Waals surface area contributed by atoms with Crippen LogP contribution in [0.3, 0.4) is 0 Å². The van der Waals surface area contributed by atoms with Gasteiger partial charge in [0.25, 0.3) is 0 Å². The van der Waals surface area contributed by atoms with Gasteiger partial charge in [0, 0.05) is 6.04 Å². The van der Waals surface area contributed by atoms with Gasteiger partial charge in [-0.25, -0.2) is 4.39 Å². The van der Waals surface area contributed by atoms with Gasteiger partial charge in [0.1, 0.15) is 5.82 Å². The van der Waals surface area contributed by atoms with Crippen LogP contribution >= 0.6 is 7.92 Å².